The molecule has 0 N–H and O–H groups in total. The fourth-order valence-corrected chi connectivity index (χ4v) is 0. The molecule has 0 unspecified atom stereocenters. The number of hydrogen-bond donors (Lipinski definition) is 0. The van der Waals surface area contributed by atoms with Crippen LogP contribution in [0.25, 0.3) is 0 Å². The first-order valence-electron chi connectivity index (χ1n) is 0.730. The van der Waals surface area contributed by atoms with Crippen molar-refractivity contribution < 1.29 is 65.3 Å². The van der Waals surface area contributed by atoms with E-state index in [9.17, 15) is 0 Å². The van der Waals surface area contributed by atoms with Crippen LogP contribution in [-0.4, -0.2) is 17.4 Å². The maximum Gasteiger partial charge on any atom is 4.00 e. The number of rotatable bonds is 0. The van der Waals surface area contributed by atoms with Crippen molar-refractivity contribution in [3.05, 3.63) is 0 Å². The van der Waals surface area contributed by atoms with Crippen LogP contribution in [0, 0.1) is 0 Å². The zero-order chi connectivity index (χ0) is 4.50. The Bertz CT molecular complexity index is 63.1. The molecular weight excluding hydrogens is 193 g/mol. The van der Waals surface area contributed by atoms with Crippen molar-refractivity contribution >= 4 is 25.2 Å². The van der Waals surface area contributed by atoms with Gasteiger partial charge in [0, 0.05) is 0 Å². The number of hydrogen-bond acceptors (Lipinski definition) is 4. The fraction of sp³-hybridized carbons (Fsp3) is 0. The molecule has 0 spiro atoms. The minimum atomic E-state index is -5.39. The Morgan fingerprint density at radius 3 is 1.11 bits per heavy atom. The molecule has 0 saturated heterocycles. The first kappa shape index (κ1) is 30.7. The van der Waals surface area contributed by atoms with E-state index in [1.54, 1.807) is 0 Å². The van der Waals surface area contributed by atoms with Crippen molar-refractivity contribution in [2.24, 2.45) is 0 Å². The Morgan fingerprint density at radius 2 is 1.11 bits per heavy atom. The summed E-state index contributed by atoms with van der Waals surface area (Å²) in [6.07, 6.45) is 0. The van der Waals surface area contributed by atoms with Crippen molar-refractivity contribution in [3.8, 4) is 0 Å². The Hall–Kier alpha value is 1.91. The molecule has 0 aromatic heterocycles. The summed E-state index contributed by atoms with van der Waals surface area (Å²) < 4.78 is 8.55. The van der Waals surface area contributed by atoms with Gasteiger partial charge in [-0.15, -0.1) is 0 Å². The van der Waals surface area contributed by atoms with E-state index < -0.39 is 7.82 Å². The van der Waals surface area contributed by atoms with Gasteiger partial charge < -0.3 is 19.2 Å². The van der Waals surface area contributed by atoms with Gasteiger partial charge in [0.15, 0.2) is 0 Å². The minimum absolute atomic E-state index is 0. The second kappa shape index (κ2) is 12.6. The minimum Gasteiger partial charge on any atom is -0.822 e. The predicted octanol–water partition coefficient (Wildman–Crippen LogP) is -6.32. The molecule has 0 aliphatic carbocycles. The van der Waals surface area contributed by atoms with Crippen LogP contribution in [0.4, 0.5) is 0 Å². The summed E-state index contributed by atoms with van der Waals surface area (Å²) in [4.78, 5) is 25.6. The Morgan fingerprint density at radius 1 is 1.11 bits per heavy atom. The van der Waals surface area contributed by atoms with Gasteiger partial charge in [-0.3, -0.25) is 0 Å². The molecule has 4 radical (unpaired) electrons. The summed E-state index contributed by atoms with van der Waals surface area (Å²) in [6, 6.07) is 0. The van der Waals surface area contributed by atoms with Gasteiger partial charge >= 0.3 is 63.4 Å². The number of phosphoric acid groups is 1. The zero-order valence-electron chi connectivity index (χ0n) is 4.57. The topological polar surface area (TPSA) is 115 Å². The average Bonchev–Trinajstić information content (AvgIpc) is 0.722. The smallest absolute Gasteiger partial charge is 0.822 e. The van der Waals surface area contributed by atoms with Gasteiger partial charge in [0.2, 0.25) is 0 Å². The first-order valence-corrected chi connectivity index (χ1v) is 2.19. The van der Waals surface area contributed by atoms with E-state index in [0.29, 0.717) is 0 Å². The molecule has 9 heteroatoms. The van der Waals surface area contributed by atoms with Crippen LogP contribution in [0.5, 0.6) is 0 Å². The van der Waals surface area contributed by atoms with Crippen molar-refractivity contribution in [2.45, 2.75) is 0 Å². The molecule has 0 heterocycles. The third-order valence-electron chi connectivity index (χ3n) is 0. The van der Waals surface area contributed by atoms with Crippen molar-refractivity contribution in [1.29, 1.82) is 0 Å². The Kier molecular flexibility index (Phi) is 42.9. The van der Waals surface area contributed by atoms with E-state index >= 15 is 0 Å². The molecule has 0 atom stereocenters. The van der Waals surface area contributed by atoms with Crippen LogP contribution in [-0.2, 0) is 31.8 Å². The molecule has 0 aliphatic rings. The third-order valence-corrected chi connectivity index (χ3v) is 0. The third kappa shape index (κ3) is 169. The SMILES string of the molecule is O=P([O-])([O-])[O-].[Al+3].[Li+].[O+2].[Ti+4]. The van der Waals surface area contributed by atoms with Crippen LogP contribution < -0.4 is 33.5 Å². The summed E-state index contributed by atoms with van der Waals surface area (Å²) >= 11 is 0. The van der Waals surface area contributed by atoms with Gasteiger partial charge in [0.05, 0.1) is 0 Å². The van der Waals surface area contributed by atoms with E-state index in [4.69, 9.17) is 19.2 Å². The molecule has 0 aromatic rings. The van der Waals surface area contributed by atoms with E-state index in [1.165, 1.54) is 0 Å². The second-order valence-corrected chi connectivity index (χ2v) is 1.34. The molecule has 5 nitrogen and oxygen atoms in total. The molecule has 0 saturated carbocycles. The first-order chi connectivity index (χ1) is 2.00. The van der Waals surface area contributed by atoms with Crippen LogP contribution >= 0.6 is 7.82 Å². The van der Waals surface area contributed by atoms with Crippen LogP contribution in [0.2, 0.25) is 0 Å². The van der Waals surface area contributed by atoms with E-state index in [0.717, 1.165) is 0 Å². The molecule has 0 aliphatic heterocycles. The molecule has 0 amide bonds. The van der Waals surface area contributed by atoms with Gasteiger partial charge in [0.1, 0.15) is 0 Å². The second-order valence-electron chi connectivity index (χ2n) is 0.447. The maximum absolute atomic E-state index is 8.55. The van der Waals surface area contributed by atoms with Crippen molar-refractivity contribution in [2.75, 3.05) is 0 Å². The predicted molar refractivity (Wildman–Crippen MR) is 14.0 cm³/mol. The maximum atomic E-state index is 8.55. The van der Waals surface area contributed by atoms with Gasteiger partial charge in [-0.1, -0.05) is 0 Å². The van der Waals surface area contributed by atoms with Crippen molar-refractivity contribution in [1.82, 2.24) is 0 Å². The summed E-state index contributed by atoms with van der Waals surface area (Å²) in [6.45, 7) is 0. The fourth-order valence-electron chi connectivity index (χ4n) is 0. The van der Waals surface area contributed by atoms with Gasteiger partial charge in [0.25, 0.3) is 0 Å². The Labute approximate surface area is 90.0 Å². The standard InChI is InChI=1S/Al.Li.H3O4P.O.Ti/c;;1-5(2,3)4;;/h;;(H3,1,2,3,4);;/q+3;+1;;+2;+4/p-3. The van der Waals surface area contributed by atoms with Gasteiger partial charge in [-0.2, -0.15) is 7.82 Å². The Balaban J connectivity index is -0.0000000133. The molecule has 0 bridgehead atoms. The molecule has 0 rings (SSSR count). The summed E-state index contributed by atoms with van der Waals surface area (Å²) in [5.41, 5.74) is 0. The quantitative estimate of drug-likeness (QED) is 0.281. The summed E-state index contributed by atoms with van der Waals surface area (Å²) in [7, 11) is -5.39. The summed E-state index contributed by atoms with van der Waals surface area (Å²) in [5.74, 6) is 0. The van der Waals surface area contributed by atoms with E-state index in [-0.39, 0.29) is 63.4 Å². The van der Waals surface area contributed by atoms with Gasteiger partial charge in [-0.05, 0) is 0 Å². The van der Waals surface area contributed by atoms with Gasteiger partial charge in [-0.25, -0.2) is 0 Å². The zero-order valence-corrected chi connectivity index (χ0v) is 8.18. The largest absolute Gasteiger partial charge is 4.00 e. The molecule has 36 valence electrons. The van der Waals surface area contributed by atoms with Crippen molar-refractivity contribution in [3.63, 3.8) is 0 Å². The molecule has 0 fully saturated rings. The molecular formula is AlLiO5PTi+7. The van der Waals surface area contributed by atoms with E-state index in [1.807, 2.05) is 0 Å². The van der Waals surface area contributed by atoms with Crippen LogP contribution in [0.15, 0.2) is 0 Å². The summed E-state index contributed by atoms with van der Waals surface area (Å²) in [5, 5.41) is 0. The average molecular weight is 193 g/mol. The van der Waals surface area contributed by atoms with E-state index in [2.05, 4.69) is 0 Å². The normalized spacial score (nSPS) is 6.56. The van der Waals surface area contributed by atoms with Crippen LogP contribution in [0.1, 0.15) is 0 Å². The monoisotopic (exact) mass is 193 g/mol. The molecule has 0 aromatic carbocycles. The molecule has 9 heavy (non-hydrogen) atoms. The van der Waals surface area contributed by atoms with Crippen LogP contribution in [0.3, 0.4) is 0 Å².